The number of hydrogen-bond donors (Lipinski definition) is 1. The molecule has 1 N–H and O–H groups in total. The normalized spacial score (nSPS) is 12.3. The standard InChI is InChI=1S/C14H15Cl2N3O3/c1-9(14(20)21)22-8-12-7-19(18-17-12)5-4-10-6-11(15)2-3-13(10)16/h2-3,6-7,9H,4-5,8H2,1H3,(H,20,21)/t9-/m1/s1. The first-order valence-corrected chi connectivity index (χ1v) is 7.38. The second-order valence-electron chi connectivity index (χ2n) is 4.75. The molecule has 0 aliphatic heterocycles. The van der Waals surface area contributed by atoms with E-state index in [-0.39, 0.29) is 6.61 Å². The number of nitrogens with zero attached hydrogens (tertiary/aromatic N) is 3. The first-order valence-electron chi connectivity index (χ1n) is 6.63. The van der Waals surface area contributed by atoms with Crippen molar-refractivity contribution in [3.05, 3.63) is 45.7 Å². The number of aryl methyl sites for hydroxylation is 2. The van der Waals surface area contributed by atoms with Gasteiger partial charge in [0.15, 0.2) is 6.10 Å². The first kappa shape index (κ1) is 16.7. The van der Waals surface area contributed by atoms with E-state index in [0.717, 1.165) is 5.56 Å². The topological polar surface area (TPSA) is 77.2 Å². The molecular formula is C14H15Cl2N3O3. The first-order chi connectivity index (χ1) is 10.5. The summed E-state index contributed by atoms with van der Waals surface area (Å²) in [6, 6.07) is 5.31. The van der Waals surface area contributed by atoms with Crippen molar-refractivity contribution in [2.45, 2.75) is 32.6 Å². The molecule has 0 radical (unpaired) electrons. The number of benzene rings is 1. The van der Waals surface area contributed by atoms with Gasteiger partial charge in [-0.2, -0.15) is 0 Å². The minimum Gasteiger partial charge on any atom is -0.479 e. The maximum atomic E-state index is 10.7. The van der Waals surface area contributed by atoms with Crippen molar-refractivity contribution in [1.82, 2.24) is 15.0 Å². The van der Waals surface area contributed by atoms with Crippen molar-refractivity contribution in [3.8, 4) is 0 Å². The van der Waals surface area contributed by atoms with Gasteiger partial charge in [-0.3, -0.25) is 4.68 Å². The smallest absolute Gasteiger partial charge is 0.332 e. The van der Waals surface area contributed by atoms with Crippen molar-refractivity contribution in [3.63, 3.8) is 0 Å². The van der Waals surface area contributed by atoms with Crippen LogP contribution in [0.25, 0.3) is 0 Å². The summed E-state index contributed by atoms with van der Waals surface area (Å²) in [5.74, 6) is -1.01. The molecule has 0 fully saturated rings. The largest absolute Gasteiger partial charge is 0.479 e. The third-order valence-electron chi connectivity index (χ3n) is 3.03. The van der Waals surface area contributed by atoms with E-state index in [1.165, 1.54) is 6.92 Å². The number of carboxylic acid groups (broad SMARTS) is 1. The van der Waals surface area contributed by atoms with E-state index in [1.807, 2.05) is 6.07 Å². The molecule has 0 saturated heterocycles. The molecule has 0 saturated carbocycles. The second kappa shape index (κ2) is 7.58. The van der Waals surface area contributed by atoms with Crippen molar-refractivity contribution < 1.29 is 14.6 Å². The van der Waals surface area contributed by atoms with E-state index in [0.29, 0.717) is 28.7 Å². The Balaban J connectivity index is 1.89. The number of hydrogen-bond acceptors (Lipinski definition) is 4. The summed E-state index contributed by atoms with van der Waals surface area (Å²) in [4.78, 5) is 10.7. The minimum absolute atomic E-state index is 0.103. The van der Waals surface area contributed by atoms with Crippen LogP contribution in [-0.4, -0.2) is 32.2 Å². The Labute approximate surface area is 137 Å². The number of aromatic nitrogens is 3. The average molecular weight is 344 g/mol. The minimum atomic E-state index is -1.01. The Morgan fingerprint density at radius 1 is 1.45 bits per heavy atom. The average Bonchev–Trinajstić information content (AvgIpc) is 2.93. The molecule has 0 spiro atoms. The van der Waals surface area contributed by atoms with Crippen LogP contribution in [0.3, 0.4) is 0 Å². The molecule has 1 heterocycles. The highest BCUT2D eigenvalue weighted by molar-refractivity contribution is 6.33. The molecule has 0 aliphatic carbocycles. The summed E-state index contributed by atoms with van der Waals surface area (Å²) in [7, 11) is 0. The van der Waals surface area contributed by atoms with Crippen LogP contribution in [-0.2, 0) is 29.1 Å². The summed E-state index contributed by atoms with van der Waals surface area (Å²) in [6.07, 6.45) is 1.50. The molecule has 6 nitrogen and oxygen atoms in total. The Morgan fingerprint density at radius 3 is 2.95 bits per heavy atom. The molecular weight excluding hydrogens is 329 g/mol. The van der Waals surface area contributed by atoms with Crippen LogP contribution < -0.4 is 0 Å². The van der Waals surface area contributed by atoms with E-state index in [4.69, 9.17) is 33.0 Å². The molecule has 8 heteroatoms. The molecule has 0 unspecified atom stereocenters. The van der Waals surface area contributed by atoms with Crippen LogP contribution in [0.2, 0.25) is 10.0 Å². The van der Waals surface area contributed by atoms with Gasteiger partial charge in [0.2, 0.25) is 0 Å². The fraction of sp³-hybridized carbons (Fsp3) is 0.357. The molecule has 1 aromatic carbocycles. The number of rotatable bonds is 7. The molecule has 0 aliphatic rings. The predicted octanol–water partition coefficient (Wildman–Crippen LogP) is 2.82. The molecule has 1 aromatic heterocycles. The van der Waals surface area contributed by atoms with Gasteiger partial charge < -0.3 is 9.84 Å². The highest BCUT2D eigenvalue weighted by Gasteiger charge is 2.12. The van der Waals surface area contributed by atoms with E-state index < -0.39 is 12.1 Å². The van der Waals surface area contributed by atoms with E-state index in [1.54, 1.807) is 23.0 Å². The van der Waals surface area contributed by atoms with Crippen LogP contribution in [0, 0.1) is 0 Å². The van der Waals surface area contributed by atoms with E-state index >= 15 is 0 Å². The molecule has 0 amide bonds. The van der Waals surface area contributed by atoms with Crippen LogP contribution in [0.4, 0.5) is 0 Å². The highest BCUT2D eigenvalue weighted by Crippen LogP contribution is 2.21. The van der Waals surface area contributed by atoms with Gasteiger partial charge >= 0.3 is 5.97 Å². The summed E-state index contributed by atoms with van der Waals surface area (Å²) >= 11 is 12.0. The predicted molar refractivity (Wildman–Crippen MR) is 82.1 cm³/mol. The molecule has 118 valence electrons. The summed E-state index contributed by atoms with van der Waals surface area (Å²) in [6.45, 7) is 2.15. The maximum absolute atomic E-state index is 10.7. The Hall–Kier alpha value is -1.63. The van der Waals surface area contributed by atoms with Crippen molar-refractivity contribution in [1.29, 1.82) is 0 Å². The quantitative estimate of drug-likeness (QED) is 0.836. The molecule has 2 aromatic rings. The van der Waals surface area contributed by atoms with Crippen LogP contribution >= 0.6 is 23.2 Å². The fourth-order valence-electron chi connectivity index (χ4n) is 1.77. The van der Waals surface area contributed by atoms with E-state index in [9.17, 15) is 4.79 Å². The van der Waals surface area contributed by atoms with Crippen LogP contribution in [0.5, 0.6) is 0 Å². The Morgan fingerprint density at radius 2 is 2.23 bits per heavy atom. The number of aliphatic carboxylic acids is 1. The summed E-state index contributed by atoms with van der Waals surface area (Å²) in [5, 5.41) is 17.9. The Bertz CT molecular complexity index is 661. The SMILES string of the molecule is C[C@@H](OCc1cn(CCc2cc(Cl)ccc2Cl)nn1)C(=O)O. The van der Waals surface area contributed by atoms with Gasteiger partial charge in [0.25, 0.3) is 0 Å². The second-order valence-corrected chi connectivity index (χ2v) is 5.59. The monoisotopic (exact) mass is 343 g/mol. The highest BCUT2D eigenvalue weighted by atomic mass is 35.5. The molecule has 0 bridgehead atoms. The lowest BCUT2D eigenvalue weighted by Crippen LogP contribution is -2.19. The van der Waals surface area contributed by atoms with Gasteiger partial charge in [-0.1, -0.05) is 28.4 Å². The molecule has 22 heavy (non-hydrogen) atoms. The molecule has 1 atom stereocenters. The van der Waals surface area contributed by atoms with Gasteiger partial charge in [0.1, 0.15) is 5.69 Å². The van der Waals surface area contributed by atoms with Crippen molar-refractivity contribution in [2.75, 3.05) is 0 Å². The third-order valence-corrected chi connectivity index (χ3v) is 3.64. The van der Waals surface area contributed by atoms with Gasteiger partial charge in [-0.15, -0.1) is 5.10 Å². The Kier molecular flexibility index (Phi) is 5.76. The lowest BCUT2D eigenvalue weighted by Gasteiger charge is -2.06. The van der Waals surface area contributed by atoms with Crippen molar-refractivity contribution in [2.24, 2.45) is 0 Å². The lowest BCUT2D eigenvalue weighted by molar-refractivity contribution is -0.149. The number of carboxylic acids is 1. The third kappa shape index (κ3) is 4.69. The zero-order chi connectivity index (χ0) is 16.1. The fourth-order valence-corrected chi connectivity index (χ4v) is 2.17. The lowest BCUT2D eigenvalue weighted by atomic mass is 10.1. The zero-order valence-electron chi connectivity index (χ0n) is 11.9. The van der Waals surface area contributed by atoms with Gasteiger partial charge in [0.05, 0.1) is 12.8 Å². The van der Waals surface area contributed by atoms with Gasteiger partial charge in [-0.25, -0.2) is 4.79 Å². The maximum Gasteiger partial charge on any atom is 0.332 e. The number of ether oxygens (including phenoxy) is 1. The molecule has 2 rings (SSSR count). The van der Waals surface area contributed by atoms with Crippen LogP contribution in [0.15, 0.2) is 24.4 Å². The van der Waals surface area contributed by atoms with E-state index in [2.05, 4.69) is 10.3 Å². The van der Waals surface area contributed by atoms with Gasteiger partial charge in [0, 0.05) is 16.6 Å². The number of carbonyl (C=O) groups is 1. The number of halogens is 2. The van der Waals surface area contributed by atoms with Crippen molar-refractivity contribution >= 4 is 29.2 Å². The zero-order valence-corrected chi connectivity index (χ0v) is 13.4. The van der Waals surface area contributed by atoms with Crippen LogP contribution in [0.1, 0.15) is 18.2 Å². The summed E-state index contributed by atoms with van der Waals surface area (Å²) < 4.78 is 6.80. The van der Waals surface area contributed by atoms with Gasteiger partial charge in [-0.05, 0) is 37.1 Å². The summed E-state index contributed by atoms with van der Waals surface area (Å²) in [5.41, 5.74) is 1.51.